The molecule has 1 aromatic carbocycles. The Labute approximate surface area is 86.7 Å². The highest BCUT2D eigenvalue weighted by Gasteiger charge is 2.04. The third-order valence-corrected chi connectivity index (χ3v) is 2.54. The van der Waals surface area contributed by atoms with E-state index in [0.29, 0.717) is 23.2 Å². The number of benzene rings is 1. The highest BCUT2D eigenvalue weighted by molar-refractivity contribution is 7.99. The molecule has 0 unspecified atom stereocenters. The maximum atomic E-state index is 12.0. The van der Waals surface area contributed by atoms with Gasteiger partial charge in [-0.25, -0.2) is 0 Å². The predicted molar refractivity (Wildman–Crippen MR) is 55.7 cm³/mol. The fourth-order valence-corrected chi connectivity index (χ4v) is 1.64. The molecule has 0 aliphatic carbocycles. The van der Waals surface area contributed by atoms with Crippen LogP contribution in [-0.2, 0) is 6.42 Å². The van der Waals surface area contributed by atoms with E-state index in [1.54, 1.807) is 12.1 Å². The summed E-state index contributed by atoms with van der Waals surface area (Å²) in [6.07, 6.45) is 1.84. The maximum absolute atomic E-state index is 12.0. The van der Waals surface area contributed by atoms with Gasteiger partial charge >= 0.3 is 0 Å². The van der Waals surface area contributed by atoms with E-state index in [-0.39, 0.29) is 0 Å². The highest BCUT2D eigenvalue weighted by Crippen LogP contribution is 2.25. The number of alkyl halides is 2. The number of hydrogen-bond donors (Lipinski definition) is 1. The van der Waals surface area contributed by atoms with Crippen LogP contribution in [0, 0.1) is 0 Å². The fourth-order valence-electron chi connectivity index (χ4n) is 1.14. The smallest absolute Gasteiger partial charge is 0.288 e. The van der Waals surface area contributed by atoms with Gasteiger partial charge in [0.1, 0.15) is 0 Å². The van der Waals surface area contributed by atoms with Gasteiger partial charge in [0.05, 0.1) is 0 Å². The van der Waals surface area contributed by atoms with E-state index in [1.165, 1.54) is 0 Å². The van der Waals surface area contributed by atoms with Crippen LogP contribution >= 0.6 is 11.8 Å². The van der Waals surface area contributed by atoms with Crippen molar-refractivity contribution in [3.05, 3.63) is 29.8 Å². The van der Waals surface area contributed by atoms with Crippen LogP contribution < -0.4 is 5.73 Å². The van der Waals surface area contributed by atoms with Crippen molar-refractivity contribution in [1.29, 1.82) is 0 Å². The SMILES string of the molecule is NCCCc1ccc(SC(F)F)cc1. The van der Waals surface area contributed by atoms with Crippen LogP contribution in [-0.4, -0.2) is 12.3 Å². The Kier molecular flexibility index (Phi) is 4.90. The zero-order chi connectivity index (χ0) is 10.4. The number of nitrogens with two attached hydrogens (primary N) is 1. The number of hydrogen-bond acceptors (Lipinski definition) is 2. The van der Waals surface area contributed by atoms with Gasteiger partial charge in [0, 0.05) is 4.90 Å². The molecule has 0 amide bonds. The van der Waals surface area contributed by atoms with Crippen molar-refractivity contribution >= 4 is 11.8 Å². The molecule has 0 aromatic heterocycles. The molecule has 0 spiro atoms. The quantitative estimate of drug-likeness (QED) is 0.767. The van der Waals surface area contributed by atoms with Gasteiger partial charge in [0.15, 0.2) is 0 Å². The molecule has 0 saturated carbocycles. The molecule has 2 N–H and O–H groups in total. The fraction of sp³-hybridized carbons (Fsp3) is 0.400. The molecule has 0 fully saturated rings. The van der Waals surface area contributed by atoms with Gasteiger partial charge in [-0.05, 0) is 37.1 Å². The van der Waals surface area contributed by atoms with Crippen molar-refractivity contribution in [2.45, 2.75) is 23.5 Å². The molecule has 14 heavy (non-hydrogen) atoms. The van der Waals surface area contributed by atoms with Crippen LogP contribution in [0.3, 0.4) is 0 Å². The largest absolute Gasteiger partial charge is 0.330 e. The highest BCUT2D eigenvalue weighted by atomic mass is 32.2. The Morgan fingerprint density at radius 2 is 1.86 bits per heavy atom. The lowest BCUT2D eigenvalue weighted by Crippen LogP contribution is -2.00. The van der Waals surface area contributed by atoms with Crippen molar-refractivity contribution in [2.24, 2.45) is 5.73 Å². The first-order valence-corrected chi connectivity index (χ1v) is 5.34. The lowest BCUT2D eigenvalue weighted by molar-refractivity contribution is 0.252. The first kappa shape index (κ1) is 11.5. The van der Waals surface area contributed by atoms with Crippen LogP contribution in [0.1, 0.15) is 12.0 Å². The first-order valence-electron chi connectivity index (χ1n) is 4.46. The van der Waals surface area contributed by atoms with Gasteiger partial charge in [0.25, 0.3) is 5.76 Å². The normalized spacial score (nSPS) is 10.9. The van der Waals surface area contributed by atoms with Crippen LogP contribution in [0.15, 0.2) is 29.2 Å². The van der Waals surface area contributed by atoms with E-state index in [9.17, 15) is 8.78 Å². The molecule has 0 aliphatic rings. The standard InChI is InChI=1S/C10H13F2NS/c11-10(12)14-9-5-3-8(4-6-9)2-1-7-13/h3-6,10H,1-2,7,13H2. The molecule has 0 atom stereocenters. The second kappa shape index (κ2) is 5.98. The topological polar surface area (TPSA) is 26.0 Å². The molecule has 0 saturated heterocycles. The monoisotopic (exact) mass is 217 g/mol. The zero-order valence-electron chi connectivity index (χ0n) is 7.75. The van der Waals surface area contributed by atoms with Crippen LogP contribution in [0.5, 0.6) is 0 Å². The number of halogens is 2. The lowest BCUT2D eigenvalue weighted by atomic mass is 10.1. The van der Waals surface area contributed by atoms with Gasteiger partial charge in [-0.2, -0.15) is 8.78 Å². The molecule has 0 aliphatic heterocycles. The van der Waals surface area contributed by atoms with Gasteiger partial charge in [-0.15, -0.1) is 0 Å². The minimum absolute atomic E-state index is 0.573. The summed E-state index contributed by atoms with van der Waals surface area (Å²) in [5.41, 5.74) is 6.52. The van der Waals surface area contributed by atoms with Gasteiger partial charge in [0.2, 0.25) is 0 Å². The van der Waals surface area contributed by atoms with E-state index >= 15 is 0 Å². The van der Waals surface area contributed by atoms with Crippen molar-refractivity contribution in [2.75, 3.05) is 6.54 Å². The van der Waals surface area contributed by atoms with E-state index in [4.69, 9.17) is 5.73 Å². The third-order valence-electron chi connectivity index (χ3n) is 1.82. The zero-order valence-corrected chi connectivity index (χ0v) is 8.57. The average molecular weight is 217 g/mol. The van der Waals surface area contributed by atoms with E-state index in [1.807, 2.05) is 12.1 Å². The number of thioether (sulfide) groups is 1. The first-order chi connectivity index (χ1) is 6.72. The molecule has 0 radical (unpaired) electrons. The van der Waals surface area contributed by atoms with Crippen molar-refractivity contribution in [3.63, 3.8) is 0 Å². The van der Waals surface area contributed by atoms with Gasteiger partial charge in [-0.3, -0.25) is 0 Å². The summed E-state index contributed by atoms with van der Waals surface area (Å²) in [5.74, 6) is -2.34. The third kappa shape index (κ3) is 4.07. The minimum atomic E-state index is -2.34. The Morgan fingerprint density at radius 3 is 2.36 bits per heavy atom. The van der Waals surface area contributed by atoms with Crippen LogP contribution in [0.25, 0.3) is 0 Å². The average Bonchev–Trinajstić information content (AvgIpc) is 2.16. The van der Waals surface area contributed by atoms with Crippen LogP contribution in [0.2, 0.25) is 0 Å². The second-order valence-electron chi connectivity index (χ2n) is 2.91. The van der Waals surface area contributed by atoms with E-state index < -0.39 is 5.76 Å². The van der Waals surface area contributed by atoms with E-state index in [0.717, 1.165) is 18.4 Å². The van der Waals surface area contributed by atoms with Gasteiger partial charge < -0.3 is 5.73 Å². The molecule has 0 bridgehead atoms. The van der Waals surface area contributed by atoms with Crippen molar-refractivity contribution in [3.8, 4) is 0 Å². The van der Waals surface area contributed by atoms with E-state index in [2.05, 4.69) is 0 Å². The maximum Gasteiger partial charge on any atom is 0.288 e. The predicted octanol–water partition coefficient (Wildman–Crippen LogP) is 2.89. The molecule has 1 nitrogen and oxygen atoms in total. The summed E-state index contributed by atoms with van der Waals surface area (Å²) in [7, 11) is 0. The molecular weight excluding hydrogens is 204 g/mol. The Bertz CT molecular complexity index is 261. The van der Waals surface area contributed by atoms with Gasteiger partial charge in [-0.1, -0.05) is 23.9 Å². The summed E-state index contributed by atoms with van der Waals surface area (Å²) >= 11 is 0.573. The van der Waals surface area contributed by atoms with Crippen molar-refractivity contribution < 1.29 is 8.78 Å². The molecule has 1 aromatic rings. The summed E-state index contributed by atoms with van der Waals surface area (Å²) < 4.78 is 23.9. The molecule has 0 heterocycles. The van der Waals surface area contributed by atoms with Crippen molar-refractivity contribution in [1.82, 2.24) is 0 Å². The Hall–Kier alpha value is -0.610. The molecule has 78 valence electrons. The summed E-state index contributed by atoms with van der Waals surface area (Å²) in [6.45, 7) is 0.660. The minimum Gasteiger partial charge on any atom is -0.330 e. The number of rotatable bonds is 5. The Balaban J connectivity index is 2.50. The molecule has 1 rings (SSSR count). The van der Waals surface area contributed by atoms with Crippen LogP contribution in [0.4, 0.5) is 8.78 Å². The summed E-state index contributed by atoms with van der Waals surface area (Å²) in [5, 5.41) is 0. The number of aryl methyl sites for hydroxylation is 1. The lowest BCUT2D eigenvalue weighted by Gasteiger charge is -2.02. The summed E-state index contributed by atoms with van der Waals surface area (Å²) in [4.78, 5) is 0.608. The summed E-state index contributed by atoms with van der Waals surface area (Å²) in [6, 6.07) is 7.20. The molecular formula is C10H13F2NS. The second-order valence-corrected chi connectivity index (χ2v) is 3.98. The molecule has 4 heteroatoms. The Morgan fingerprint density at radius 1 is 1.21 bits per heavy atom.